The Balaban J connectivity index is 4.07. The molecule has 0 aromatic carbocycles. The van der Waals surface area contributed by atoms with Gasteiger partial charge in [-0.3, -0.25) is 24.0 Å². The Morgan fingerprint density at radius 2 is 1.12 bits per heavy atom. The Bertz CT molecular complexity index is 483. The first-order valence-corrected chi connectivity index (χ1v) is 7.54. The number of unbranched alkanes of at least 4 members (excludes halogenated alkanes) is 2. The lowest BCUT2D eigenvalue weighted by Crippen LogP contribution is -2.21. The minimum absolute atomic E-state index is 0.0834. The maximum absolute atomic E-state index is 11.7. The second-order valence-electron chi connectivity index (χ2n) is 5.61. The number of Topliss-reactive ketones (excluding diaryl/α,β-unsaturated/α-hetero) is 1. The van der Waals surface area contributed by atoms with Crippen molar-refractivity contribution in [2.24, 2.45) is 11.8 Å². The Morgan fingerprint density at radius 1 is 0.625 bits per heavy atom. The van der Waals surface area contributed by atoms with Crippen molar-refractivity contribution in [1.29, 1.82) is 0 Å². The van der Waals surface area contributed by atoms with E-state index in [-0.39, 0.29) is 25.0 Å². The van der Waals surface area contributed by atoms with Crippen LogP contribution in [-0.2, 0) is 24.0 Å². The van der Waals surface area contributed by atoms with Gasteiger partial charge in [0.25, 0.3) is 0 Å². The van der Waals surface area contributed by atoms with Gasteiger partial charge in [-0.15, -0.1) is 0 Å². The molecule has 0 aliphatic rings. The number of aliphatic carboxylic acids is 4. The number of hydrogen-bond acceptors (Lipinski definition) is 5. The van der Waals surface area contributed by atoms with Gasteiger partial charge in [-0.2, -0.15) is 0 Å². The summed E-state index contributed by atoms with van der Waals surface area (Å²) in [6.07, 6.45) is 0.212. The van der Waals surface area contributed by atoms with E-state index in [0.717, 1.165) is 0 Å². The molecule has 0 aromatic rings. The Labute approximate surface area is 138 Å². The van der Waals surface area contributed by atoms with Gasteiger partial charge in [-0.25, -0.2) is 0 Å². The maximum Gasteiger partial charge on any atom is 0.307 e. The van der Waals surface area contributed by atoms with Crippen molar-refractivity contribution in [1.82, 2.24) is 0 Å². The summed E-state index contributed by atoms with van der Waals surface area (Å²) in [6.45, 7) is 0. The maximum atomic E-state index is 11.7. The first-order valence-electron chi connectivity index (χ1n) is 7.54. The molecule has 0 saturated heterocycles. The highest BCUT2D eigenvalue weighted by atomic mass is 16.4. The lowest BCUT2D eigenvalue weighted by Gasteiger charge is -2.10. The van der Waals surface area contributed by atoms with Gasteiger partial charge in [0.15, 0.2) is 0 Å². The SMILES string of the molecule is O=C(O)CC(CCCCCC(=O)CC(CC(=O)O)C(=O)O)C(=O)O. The summed E-state index contributed by atoms with van der Waals surface area (Å²) in [4.78, 5) is 54.4. The van der Waals surface area contributed by atoms with Gasteiger partial charge >= 0.3 is 23.9 Å². The van der Waals surface area contributed by atoms with Crippen LogP contribution in [0.15, 0.2) is 0 Å². The molecule has 9 heteroatoms. The molecule has 136 valence electrons. The molecule has 0 aliphatic heterocycles. The third kappa shape index (κ3) is 10.3. The van der Waals surface area contributed by atoms with E-state index in [1.165, 1.54) is 0 Å². The summed E-state index contributed by atoms with van der Waals surface area (Å²) in [6, 6.07) is 0. The molecular formula is C15H22O9. The van der Waals surface area contributed by atoms with Gasteiger partial charge < -0.3 is 20.4 Å². The van der Waals surface area contributed by atoms with Gasteiger partial charge in [0, 0.05) is 12.8 Å². The van der Waals surface area contributed by atoms with Crippen LogP contribution in [-0.4, -0.2) is 50.1 Å². The molecule has 2 unspecified atom stereocenters. The molecule has 9 nitrogen and oxygen atoms in total. The molecule has 0 heterocycles. The third-order valence-corrected chi connectivity index (χ3v) is 3.52. The fourth-order valence-corrected chi connectivity index (χ4v) is 2.25. The first kappa shape index (κ1) is 21.6. The summed E-state index contributed by atoms with van der Waals surface area (Å²) in [5.41, 5.74) is 0. The van der Waals surface area contributed by atoms with Gasteiger partial charge in [0.2, 0.25) is 0 Å². The fraction of sp³-hybridized carbons (Fsp3) is 0.667. The van der Waals surface area contributed by atoms with E-state index < -0.39 is 48.6 Å². The minimum Gasteiger partial charge on any atom is -0.481 e. The van der Waals surface area contributed by atoms with Crippen molar-refractivity contribution in [3.8, 4) is 0 Å². The van der Waals surface area contributed by atoms with Crippen molar-refractivity contribution in [2.45, 2.75) is 51.4 Å². The van der Waals surface area contributed by atoms with Crippen LogP contribution in [0.5, 0.6) is 0 Å². The predicted molar refractivity (Wildman–Crippen MR) is 79.5 cm³/mol. The highest BCUT2D eigenvalue weighted by molar-refractivity contribution is 5.86. The standard InChI is InChI=1S/C15H22O9/c16-11(6-10(15(23)24)8-13(19)20)5-3-1-2-4-9(14(21)22)7-12(17)18/h9-10H,1-8H2,(H,17,18)(H,19,20)(H,21,22)(H,23,24). The zero-order chi connectivity index (χ0) is 18.7. The van der Waals surface area contributed by atoms with E-state index in [9.17, 15) is 24.0 Å². The second kappa shape index (κ2) is 11.1. The first-order chi connectivity index (χ1) is 11.1. The molecule has 24 heavy (non-hydrogen) atoms. The highest BCUT2D eigenvalue weighted by Gasteiger charge is 2.24. The van der Waals surface area contributed by atoms with Gasteiger partial charge in [-0.1, -0.05) is 12.8 Å². The molecule has 0 fully saturated rings. The largest absolute Gasteiger partial charge is 0.481 e. The van der Waals surface area contributed by atoms with Gasteiger partial charge in [0.1, 0.15) is 5.78 Å². The molecule has 0 amide bonds. The quantitative estimate of drug-likeness (QED) is 0.338. The number of carboxylic acid groups (broad SMARTS) is 4. The number of carbonyl (C=O) groups excluding carboxylic acids is 1. The number of rotatable bonds is 14. The van der Waals surface area contributed by atoms with Crippen LogP contribution >= 0.6 is 0 Å². The topological polar surface area (TPSA) is 166 Å². The van der Waals surface area contributed by atoms with E-state index in [1.807, 2.05) is 0 Å². The summed E-state index contributed by atoms with van der Waals surface area (Å²) in [7, 11) is 0. The highest BCUT2D eigenvalue weighted by Crippen LogP contribution is 2.17. The molecule has 0 spiro atoms. The lowest BCUT2D eigenvalue weighted by atomic mass is 9.95. The summed E-state index contributed by atoms with van der Waals surface area (Å²) in [5, 5.41) is 34.9. The average molecular weight is 346 g/mol. The fourth-order valence-electron chi connectivity index (χ4n) is 2.25. The van der Waals surface area contributed by atoms with Crippen molar-refractivity contribution in [3.63, 3.8) is 0 Å². The predicted octanol–water partition coefficient (Wildman–Crippen LogP) is 1.25. The number of ketones is 1. The van der Waals surface area contributed by atoms with E-state index in [0.29, 0.717) is 19.3 Å². The van der Waals surface area contributed by atoms with Crippen LogP contribution in [0.4, 0.5) is 0 Å². The Morgan fingerprint density at radius 3 is 1.58 bits per heavy atom. The zero-order valence-corrected chi connectivity index (χ0v) is 13.1. The summed E-state index contributed by atoms with van der Waals surface area (Å²) >= 11 is 0. The molecule has 0 aliphatic carbocycles. The van der Waals surface area contributed by atoms with Crippen LogP contribution in [0.1, 0.15) is 51.4 Å². The number of carboxylic acids is 4. The lowest BCUT2D eigenvalue weighted by molar-refractivity contribution is -0.149. The molecule has 2 atom stereocenters. The monoisotopic (exact) mass is 346 g/mol. The van der Waals surface area contributed by atoms with Crippen LogP contribution < -0.4 is 0 Å². The van der Waals surface area contributed by atoms with E-state index >= 15 is 0 Å². The van der Waals surface area contributed by atoms with Crippen LogP contribution in [0.3, 0.4) is 0 Å². The van der Waals surface area contributed by atoms with E-state index in [4.69, 9.17) is 20.4 Å². The normalized spacial score (nSPS) is 13.0. The Hall–Kier alpha value is -2.45. The molecule has 0 rings (SSSR count). The van der Waals surface area contributed by atoms with Crippen molar-refractivity contribution in [2.75, 3.05) is 0 Å². The minimum atomic E-state index is -1.33. The van der Waals surface area contributed by atoms with Crippen LogP contribution in [0.25, 0.3) is 0 Å². The van der Waals surface area contributed by atoms with E-state index in [2.05, 4.69) is 0 Å². The van der Waals surface area contributed by atoms with Crippen molar-refractivity contribution in [3.05, 3.63) is 0 Å². The molecule has 0 radical (unpaired) electrons. The molecular weight excluding hydrogens is 324 g/mol. The third-order valence-electron chi connectivity index (χ3n) is 3.52. The van der Waals surface area contributed by atoms with Gasteiger partial charge in [-0.05, 0) is 12.8 Å². The zero-order valence-electron chi connectivity index (χ0n) is 13.1. The van der Waals surface area contributed by atoms with Crippen molar-refractivity contribution >= 4 is 29.7 Å². The molecule has 4 N–H and O–H groups in total. The average Bonchev–Trinajstić information content (AvgIpc) is 2.43. The molecule has 0 saturated carbocycles. The van der Waals surface area contributed by atoms with Crippen LogP contribution in [0.2, 0.25) is 0 Å². The van der Waals surface area contributed by atoms with Crippen molar-refractivity contribution < 1.29 is 44.4 Å². The smallest absolute Gasteiger partial charge is 0.307 e. The summed E-state index contributed by atoms with van der Waals surface area (Å²) in [5.74, 6) is -7.55. The van der Waals surface area contributed by atoms with E-state index in [1.54, 1.807) is 0 Å². The molecule has 0 bridgehead atoms. The molecule has 0 aromatic heterocycles. The Kier molecular flexibility index (Phi) is 10.0. The number of hydrogen-bond donors (Lipinski definition) is 4. The summed E-state index contributed by atoms with van der Waals surface area (Å²) < 4.78 is 0. The second-order valence-corrected chi connectivity index (χ2v) is 5.61. The van der Waals surface area contributed by atoms with Crippen LogP contribution in [0, 0.1) is 11.8 Å². The van der Waals surface area contributed by atoms with Gasteiger partial charge in [0.05, 0.1) is 24.7 Å². The number of carbonyl (C=O) groups is 5.